The van der Waals surface area contributed by atoms with Crippen LogP contribution in [-0.4, -0.2) is 17.1 Å². The maximum Gasteiger partial charge on any atom is 0.421 e. The van der Waals surface area contributed by atoms with Crippen molar-refractivity contribution in [2.24, 2.45) is 0 Å². The van der Waals surface area contributed by atoms with Crippen molar-refractivity contribution < 1.29 is 23.1 Å². The predicted molar refractivity (Wildman–Crippen MR) is 69.2 cm³/mol. The summed E-state index contributed by atoms with van der Waals surface area (Å²) in [6.07, 6.45) is -5.91. The average molecular weight is 282 g/mol. The number of halogens is 3. The molecule has 2 aromatic rings. The summed E-state index contributed by atoms with van der Waals surface area (Å²) >= 11 is 0. The molecule has 0 fully saturated rings. The highest BCUT2D eigenvalue weighted by Gasteiger charge is 2.55. The topological polar surface area (TPSA) is 37.3 Å². The zero-order chi connectivity index (χ0) is 15.0. The largest absolute Gasteiger partial charge is 0.421 e. The zero-order valence-corrected chi connectivity index (χ0v) is 10.7. The number of aliphatic hydroxyl groups is 1. The van der Waals surface area contributed by atoms with E-state index in [4.69, 9.17) is 0 Å². The number of hydrogen-bond donors (Lipinski definition) is 1. The lowest BCUT2D eigenvalue weighted by Gasteiger charge is -2.30. The number of benzene rings is 2. The van der Waals surface area contributed by atoms with Crippen molar-refractivity contribution in [2.45, 2.75) is 25.1 Å². The van der Waals surface area contributed by atoms with Gasteiger partial charge in [-0.05, 0) is 29.3 Å². The van der Waals surface area contributed by atoms with Gasteiger partial charge in [-0.2, -0.15) is 13.2 Å². The fourth-order valence-electron chi connectivity index (χ4n) is 2.17. The SMILES string of the molecule is CC(=O)CC(O)(c1ccc2ccccc2c1)C(F)(F)F. The molecule has 5 heteroatoms. The summed E-state index contributed by atoms with van der Waals surface area (Å²) in [7, 11) is 0. The third-order valence-electron chi connectivity index (χ3n) is 3.20. The first kappa shape index (κ1) is 14.5. The molecule has 0 aliphatic carbocycles. The van der Waals surface area contributed by atoms with E-state index in [9.17, 15) is 23.1 Å². The molecule has 0 aliphatic heterocycles. The van der Waals surface area contributed by atoms with Crippen LogP contribution in [-0.2, 0) is 10.4 Å². The number of carbonyl (C=O) groups is 1. The second-order valence-electron chi connectivity index (χ2n) is 4.80. The van der Waals surface area contributed by atoms with Gasteiger partial charge in [0.1, 0.15) is 5.78 Å². The van der Waals surface area contributed by atoms with Crippen molar-refractivity contribution >= 4 is 16.6 Å². The Hall–Kier alpha value is -1.88. The molecular formula is C15H13F3O2. The van der Waals surface area contributed by atoms with Crippen LogP contribution in [0.2, 0.25) is 0 Å². The second-order valence-corrected chi connectivity index (χ2v) is 4.80. The van der Waals surface area contributed by atoms with Crippen LogP contribution >= 0.6 is 0 Å². The minimum absolute atomic E-state index is 0.320. The van der Waals surface area contributed by atoms with Crippen LogP contribution in [0.3, 0.4) is 0 Å². The Morgan fingerprint density at radius 1 is 1.10 bits per heavy atom. The van der Waals surface area contributed by atoms with Crippen molar-refractivity contribution in [3.63, 3.8) is 0 Å². The molecule has 0 saturated heterocycles. The van der Waals surface area contributed by atoms with Gasteiger partial charge in [0, 0.05) is 6.42 Å². The van der Waals surface area contributed by atoms with Crippen molar-refractivity contribution in [3.8, 4) is 0 Å². The molecule has 20 heavy (non-hydrogen) atoms. The molecule has 0 radical (unpaired) electrons. The van der Waals surface area contributed by atoms with Crippen molar-refractivity contribution in [2.75, 3.05) is 0 Å². The Morgan fingerprint density at radius 2 is 1.70 bits per heavy atom. The first-order valence-electron chi connectivity index (χ1n) is 6.02. The Bertz CT molecular complexity index is 649. The first-order chi connectivity index (χ1) is 9.24. The molecule has 2 rings (SSSR count). The zero-order valence-electron chi connectivity index (χ0n) is 10.7. The third-order valence-corrected chi connectivity index (χ3v) is 3.20. The highest BCUT2D eigenvalue weighted by molar-refractivity contribution is 5.84. The molecule has 0 spiro atoms. The molecular weight excluding hydrogens is 269 g/mol. The number of ketones is 1. The van der Waals surface area contributed by atoms with Gasteiger partial charge in [-0.25, -0.2) is 0 Å². The molecule has 0 aliphatic rings. The number of hydrogen-bond acceptors (Lipinski definition) is 2. The minimum atomic E-state index is -4.92. The highest BCUT2D eigenvalue weighted by atomic mass is 19.4. The number of alkyl halides is 3. The van der Waals surface area contributed by atoms with E-state index in [2.05, 4.69) is 0 Å². The van der Waals surface area contributed by atoms with Crippen LogP contribution in [0.25, 0.3) is 10.8 Å². The molecule has 0 saturated carbocycles. The van der Waals surface area contributed by atoms with E-state index in [-0.39, 0.29) is 5.56 Å². The Morgan fingerprint density at radius 3 is 2.25 bits per heavy atom. The molecule has 2 aromatic carbocycles. The van der Waals surface area contributed by atoms with Crippen molar-refractivity contribution in [1.29, 1.82) is 0 Å². The standard InChI is InChI=1S/C15H13F3O2/c1-10(19)9-14(20,15(16,17)18)13-7-6-11-4-2-3-5-12(11)8-13/h2-8,20H,9H2,1H3. The van der Waals surface area contributed by atoms with Gasteiger partial charge in [0.05, 0.1) is 0 Å². The van der Waals surface area contributed by atoms with Gasteiger partial charge in [0.25, 0.3) is 0 Å². The van der Waals surface area contributed by atoms with Gasteiger partial charge in [-0.15, -0.1) is 0 Å². The molecule has 1 atom stereocenters. The van der Waals surface area contributed by atoms with Gasteiger partial charge in [0.15, 0.2) is 5.60 Å². The van der Waals surface area contributed by atoms with Crippen LogP contribution < -0.4 is 0 Å². The fraction of sp³-hybridized carbons (Fsp3) is 0.267. The molecule has 0 amide bonds. The quantitative estimate of drug-likeness (QED) is 0.934. The first-order valence-corrected chi connectivity index (χ1v) is 6.02. The van der Waals surface area contributed by atoms with E-state index in [0.717, 1.165) is 12.3 Å². The summed E-state index contributed by atoms with van der Waals surface area (Å²) in [5.41, 5.74) is -3.47. The molecule has 106 valence electrons. The van der Waals surface area contributed by atoms with E-state index in [1.54, 1.807) is 24.3 Å². The monoisotopic (exact) mass is 282 g/mol. The van der Waals surface area contributed by atoms with E-state index < -0.39 is 24.0 Å². The van der Waals surface area contributed by atoms with Crippen molar-refractivity contribution in [3.05, 3.63) is 48.0 Å². The molecule has 0 heterocycles. The normalized spacial score (nSPS) is 15.1. The lowest BCUT2D eigenvalue weighted by atomic mass is 9.87. The molecule has 0 bridgehead atoms. The van der Waals surface area contributed by atoms with Gasteiger partial charge in [0.2, 0.25) is 0 Å². The van der Waals surface area contributed by atoms with Crippen LogP contribution in [0.4, 0.5) is 13.2 Å². The number of rotatable bonds is 3. The second kappa shape index (κ2) is 4.90. The maximum absolute atomic E-state index is 13.1. The van der Waals surface area contributed by atoms with E-state index in [1.807, 2.05) is 0 Å². The van der Waals surface area contributed by atoms with E-state index in [1.165, 1.54) is 18.2 Å². The Labute approximate surface area is 113 Å². The average Bonchev–Trinajstić information content (AvgIpc) is 2.36. The molecule has 0 aromatic heterocycles. The number of fused-ring (bicyclic) bond motifs is 1. The van der Waals surface area contributed by atoms with Crippen molar-refractivity contribution in [1.82, 2.24) is 0 Å². The van der Waals surface area contributed by atoms with Crippen LogP contribution in [0.1, 0.15) is 18.9 Å². The Balaban J connectivity index is 2.59. The summed E-state index contributed by atoms with van der Waals surface area (Å²) in [5.74, 6) is -0.724. The summed E-state index contributed by atoms with van der Waals surface area (Å²) < 4.78 is 39.4. The minimum Gasteiger partial charge on any atom is -0.376 e. The summed E-state index contributed by atoms with van der Waals surface area (Å²) in [5, 5.41) is 11.4. The highest BCUT2D eigenvalue weighted by Crippen LogP contribution is 2.42. The molecule has 1 N–H and O–H groups in total. The van der Waals surface area contributed by atoms with Gasteiger partial charge in [-0.3, -0.25) is 4.79 Å². The molecule has 2 nitrogen and oxygen atoms in total. The summed E-state index contributed by atoms with van der Waals surface area (Å²) in [4.78, 5) is 11.1. The van der Waals surface area contributed by atoms with Gasteiger partial charge >= 0.3 is 6.18 Å². The van der Waals surface area contributed by atoms with E-state index >= 15 is 0 Å². The van der Waals surface area contributed by atoms with Gasteiger partial charge in [-0.1, -0.05) is 36.4 Å². The Kier molecular flexibility index (Phi) is 3.56. The lowest BCUT2D eigenvalue weighted by molar-refractivity contribution is -0.267. The number of carbonyl (C=O) groups excluding carboxylic acids is 1. The van der Waals surface area contributed by atoms with Gasteiger partial charge < -0.3 is 5.11 Å². The number of Topliss-reactive ketones (excluding diaryl/α,β-unsaturated/α-hetero) is 1. The predicted octanol–water partition coefficient (Wildman–Crippen LogP) is 3.57. The third kappa shape index (κ3) is 2.54. The lowest BCUT2D eigenvalue weighted by Crippen LogP contribution is -2.43. The van der Waals surface area contributed by atoms with Crippen LogP contribution in [0.15, 0.2) is 42.5 Å². The molecule has 1 unspecified atom stereocenters. The maximum atomic E-state index is 13.1. The van der Waals surface area contributed by atoms with Crippen LogP contribution in [0, 0.1) is 0 Å². The fourth-order valence-corrected chi connectivity index (χ4v) is 2.17. The van der Waals surface area contributed by atoms with Crippen LogP contribution in [0.5, 0.6) is 0 Å². The smallest absolute Gasteiger partial charge is 0.376 e. The summed E-state index contributed by atoms with van der Waals surface area (Å²) in [6, 6.07) is 10.9. The van der Waals surface area contributed by atoms with E-state index in [0.29, 0.717) is 5.39 Å². The summed E-state index contributed by atoms with van der Waals surface area (Å²) in [6.45, 7) is 1.03.